The fourth-order valence-corrected chi connectivity index (χ4v) is 2.68. The van der Waals surface area contributed by atoms with Gasteiger partial charge >= 0.3 is 0 Å². The van der Waals surface area contributed by atoms with Crippen LogP contribution >= 0.6 is 27.5 Å². The van der Waals surface area contributed by atoms with E-state index in [4.69, 9.17) is 11.6 Å². The highest BCUT2D eigenvalue weighted by atomic mass is 79.9. The van der Waals surface area contributed by atoms with E-state index in [0.29, 0.717) is 11.6 Å². The predicted octanol–water partition coefficient (Wildman–Crippen LogP) is 5.26. The van der Waals surface area contributed by atoms with Gasteiger partial charge in [0.25, 0.3) is 0 Å². The highest BCUT2D eigenvalue weighted by Crippen LogP contribution is 2.26. The van der Waals surface area contributed by atoms with Crippen LogP contribution in [0.15, 0.2) is 59.2 Å². The second-order valence-electron chi connectivity index (χ2n) is 4.47. The first-order valence-corrected chi connectivity index (χ1v) is 7.43. The van der Waals surface area contributed by atoms with Gasteiger partial charge < -0.3 is 5.32 Å². The van der Waals surface area contributed by atoms with Crippen LogP contribution in [0.3, 0.4) is 0 Å². The summed E-state index contributed by atoms with van der Waals surface area (Å²) in [6.07, 6.45) is 1.82. The molecule has 0 amide bonds. The summed E-state index contributed by atoms with van der Waals surface area (Å²) in [5.74, 6) is 0. The molecule has 0 saturated heterocycles. The molecule has 2 aromatic carbocycles. The van der Waals surface area contributed by atoms with Crippen molar-refractivity contribution in [3.63, 3.8) is 0 Å². The number of benzene rings is 2. The number of halogens is 2. The standard InChI is InChI=1S/C16H12BrClN2/c17-13-6-7-14(18)15(9-13)20-10-12-4-1-3-11-5-2-8-19-16(11)12/h1-9,20H,10H2. The third-order valence-electron chi connectivity index (χ3n) is 3.11. The SMILES string of the molecule is Clc1ccc(Br)cc1NCc1cccc2cccnc12. The van der Waals surface area contributed by atoms with Crippen LogP contribution in [-0.4, -0.2) is 4.98 Å². The van der Waals surface area contributed by atoms with Crippen molar-refractivity contribution >= 4 is 44.1 Å². The zero-order valence-corrected chi connectivity index (χ0v) is 12.9. The molecule has 3 aromatic rings. The molecular weight excluding hydrogens is 336 g/mol. The van der Waals surface area contributed by atoms with Gasteiger partial charge in [-0.15, -0.1) is 0 Å². The van der Waals surface area contributed by atoms with Crippen molar-refractivity contribution in [2.24, 2.45) is 0 Å². The Morgan fingerprint density at radius 1 is 1.10 bits per heavy atom. The largest absolute Gasteiger partial charge is 0.380 e. The fraction of sp³-hybridized carbons (Fsp3) is 0.0625. The number of nitrogens with one attached hydrogen (secondary N) is 1. The van der Waals surface area contributed by atoms with Gasteiger partial charge in [0, 0.05) is 22.6 Å². The molecule has 0 saturated carbocycles. The van der Waals surface area contributed by atoms with Crippen LogP contribution in [0.4, 0.5) is 5.69 Å². The van der Waals surface area contributed by atoms with Gasteiger partial charge in [-0.1, -0.05) is 51.8 Å². The molecule has 1 N–H and O–H groups in total. The van der Waals surface area contributed by atoms with Crippen molar-refractivity contribution in [2.75, 3.05) is 5.32 Å². The van der Waals surface area contributed by atoms with Gasteiger partial charge in [-0.3, -0.25) is 4.98 Å². The van der Waals surface area contributed by atoms with E-state index in [-0.39, 0.29) is 0 Å². The highest BCUT2D eigenvalue weighted by molar-refractivity contribution is 9.10. The summed E-state index contributed by atoms with van der Waals surface area (Å²) < 4.78 is 1.00. The first-order chi connectivity index (χ1) is 9.74. The number of fused-ring (bicyclic) bond motifs is 1. The van der Waals surface area contributed by atoms with Gasteiger partial charge in [-0.25, -0.2) is 0 Å². The minimum absolute atomic E-state index is 0.685. The van der Waals surface area contributed by atoms with E-state index in [2.05, 4.69) is 44.4 Å². The van der Waals surface area contributed by atoms with E-state index < -0.39 is 0 Å². The fourth-order valence-electron chi connectivity index (χ4n) is 2.13. The number of anilines is 1. The normalized spacial score (nSPS) is 10.7. The Hall–Kier alpha value is -1.58. The number of nitrogens with zero attached hydrogens (tertiary/aromatic N) is 1. The van der Waals surface area contributed by atoms with E-state index >= 15 is 0 Å². The molecule has 0 spiro atoms. The summed E-state index contributed by atoms with van der Waals surface area (Å²) >= 11 is 9.63. The van der Waals surface area contributed by atoms with Crippen molar-refractivity contribution in [2.45, 2.75) is 6.54 Å². The summed E-state index contributed by atoms with van der Waals surface area (Å²) in [4.78, 5) is 4.45. The number of pyridine rings is 1. The lowest BCUT2D eigenvalue weighted by atomic mass is 10.1. The molecule has 0 unspecified atom stereocenters. The maximum absolute atomic E-state index is 6.18. The van der Waals surface area contributed by atoms with E-state index in [9.17, 15) is 0 Å². The average Bonchev–Trinajstić information content (AvgIpc) is 2.48. The first-order valence-electron chi connectivity index (χ1n) is 6.25. The Balaban J connectivity index is 1.89. The first kappa shape index (κ1) is 13.4. The smallest absolute Gasteiger partial charge is 0.0751 e. The molecule has 0 fully saturated rings. The monoisotopic (exact) mass is 346 g/mol. The summed E-state index contributed by atoms with van der Waals surface area (Å²) in [6, 6.07) is 16.0. The van der Waals surface area contributed by atoms with Gasteiger partial charge in [0.2, 0.25) is 0 Å². The van der Waals surface area contributed by atoms with E-state index in [1.165, 1.54) is 0 Å². The maximum Gasteiger partial charge on any atom is 0.0751 e. The van der Waals surface area contributed by atoms with Gasteiger partial charge in [0.05, 0.1) is 16.2 Å². The molecule has 0 aliphatic rings. The van der Waals surface area contributed by atoms with Crippen LogP contribution in [0.25, 0.3) is 10.9 Å². The third kappa shape index (κ3) is 2.79. The minimum atomic E-state index is 0.685. The van der Waals surface area contributed by atoms with Gasteiger partial charge in [0.1, 0.15) is 0 Å². The van der Waals surface area contributed by atoms with E-state index in [1.54, 1.807) is 0 Å². The summed E-state index contributed by atoms with van der Waals surface area (Å²) in [7, 11) is 0. The quantitative estimate of drug-likeness (QED) is 0.699. The highest BCUT2D eigenvalue weighted by Gasteiger charge is 2.04. The van der Waals surface area contributed by atoms with Crippen LogP contribution in [0.5, 0.6) is 0 Å². The molecule has 4 heteroatoms. The zero-order valence-electron chi connectivity index (χ0n) is 10.6. The summed E-state index contributed by atoms with van der Waals surface area (Å²) in [5.41, 5.74) is 3.08. The Kier molecular flexibility index (Phi) is 3.90. The molecule has 0 aliphatic heterocycles. The topological polar surface area (TPSA) is 24.9 Å². The molecule has 0 radical (unpaired) electrons. The molecule has 100 valence electrons. The number of hydrogen-bond acceptors (Lipinski definition) is 2. The number of rotatable bonds is 3. The van der Waals surface area contributed by atoms with E-state index in [0.717, 1.165) is 26.6 Å². The number of para-hydroxylation sites is 1. The third-order valence-corrected chi connectivity index (χ3v) is 3.94. The molecule has 3 rings (SSSR count). The maximum atomic E-state index is 6.18. The minimum Gasteiger partial charge on any atom is -0.380 e. The summed E-state index contributed by atoms with van der Waals surface area (Å²) in [5, 5.41) is 5.22. The lowest BCUT2D eigenvalue weighted by Crippen LogP contribution is -2.01. The van der Waals surface area contributed by atoms with Crippen molar-refractivity contribution in [1.82, 2.24) is 4.98 Å². The van der Waals surface area contributed by atoms with Crippen LogP contribution in [0, 0.1) is 0 Å². The molecule has 0 atom stereocenters. The van der Waals surface area contributed by atoms with Crippen molar-refractivity contribution in [3.05, 3.63) is 69.8 Å². The Morgan fingerprint density at radius 3 is 2.85 bits per heavy atom. The number of aromatic nitrogens is 1. The molecule has 1 heterocycles. The summed E-state index contributed by atoms with van der Waals surface area (Å²) in [6.45, 7) is 0.685. The van der Waals surface area contributed by atoms with E-state index in [1.807, 2.05) is 36.5 Å². The van der Waals surface area contributed by atoms with Crippen molar-refractivity contribution in [1.29, 1.82) is 0 Å². The van der Waals surface area contributed by atoms with Crippen molar-refractivity contribution < 1.29 is 0 Å². The Morgan fingerprint density at radius 2 is 1.95 bits per heavy atom. The van der Waals surface area contributed by atoms with Crippen molar-refractivity contribution in [3.8, 4) is 0 Å². The lowest BCUT2D eigenvalue weighted by Gasteiger charge is -2.10. The van der Waals surface area contributed by atoms with Gasteiger partial charge in [-0.05, 0) is 29.8 Å². The van der Waals surface area contributed by atoms with Crippen LogP contribution in [0.1, 0.15) is 5.56 Å². The molecule has 20 heavy (non-hydrogen) atoms. The molecular formula is C16H12BrClN2. The Labute approximate surface area is 130 Å². The molecule has 0 bridgehead atoms. The van der Waals surface area contributed by atoms with Crippen LogP contribution < -0.4 is 5.32 Å². The predicted molar refractivity (Wildman–Crippen MR) is 88.2 cm³/mol. The molecule has 1 aromatic heterocycles. The number of hydrogen-bond donors (Lipinski definition) is 1. The average molecular weight is 348 g/mol. The van der Waals surface area contributed by atoms with Crippen LogP contribution in [0.2, 0.25) is 5.02 Å². The lowest BCUT2D eigenvalue weighted by molar-refractivity contribution is 1.15. The second-order valence-corrected chi connectivity index (χ2v) is 5.79. The molecule has 0 aliphatic carbocycles. The molecule has 2 nitrogen and oxygen atoms in total. The second kappa shape index (κ2) is 5.81. The zero-order chi connectivity index (χ0) is 13.9. The van der Waals surface area contributed by atoms with Gasteiger partial charge in [-0.2, -0.15) is 0 Å². The Bertz CT molecular complexity index is 753. The van der Waals surface area contributed by atoms with Crippen LogP contribution in [-0.2, 0) is 6.54 Å². The van der Waals surface area contributed by atoms with Gasteiger partial charge in [0.15, 0.2) is 0 Å².